The van der Waals surface area contributed by atoms with Gasteiger partial charge in [0.25, 0.3) is 0 Å². The fourth-order valence-corrected chi connectivity index (χ4v) is 3.20. The maximum atomic E-state index is 13.7. The minimum atomic E-state index is -0.569. The Bertz CT molecular complexity index is 507. The maximum Gasteiger partial charge on any atom is 0.166 e. The fraction of sp³-hybridized carbons (Fsp3) is 0.562. The molecule has 0 spiro atoms. The van der Waals surface area contributed by atoms with E-state index in [0.29, 0.717) is 22.6 Å². The van der Waals surface area contributed by atoms with Crippen molar-refractivity contribution in [2.24, 2.45) is 5.92 Å². The predicted molar refractivity (Wildman–Crippen MR) is 85.1 cm³/mol. The molecule has 1 saturated carbocycles. The first kappa shape index (κ1) is 16.1. The van der Waals surface area contributed by atoms with Gasteiger partial charge in [0.2, 0.25) is 0 Å². The van der Waals surface area contributed by atoms with Crippen molar-refractivity contribution in [1.29, 1.82) is 0 Å². The lowest BCUT2D eigenvalue weighted by atomic mass is 9.86. The summed E-state index contributed by atoms with van der Waals surface area (Å²) in [5, 5.41) is 6.94. The van der Waals surface area contributed by atoms with Gasteiger partial charge in [-0.3, -0.25) is 0 Å². The van der Waals surface area contributed by atoms with Gasteiger partial charge in [0.15, 0.2) is 5.11 Å². The Morgan fingerprint density at radius 2 is 2.00 bits per heavy atom. The summed E-state index contributed by atoms with van der Waals surface area (Å²) in [6.07, 6.45) is 4.81. The molecule has 0 aliphatic heterocycles. The van der Waals surface area contributed by atoms with Crippen LogP contribution in [0.2, 0.25) is 0 Å². The highest BCUT2D eigenvalue weighted by Gasteiger charge is 2.22. The third-order valence-electron chi connectivity index (χ3n) is 4.20. The van der Waals surface area contributed by atoms with Crippen molar-refractivity contribution >= 4 is 17.3 Å². The van der Waals surface area contributed by atoms with Gasteiger partial charge in [0, 0.05) is 17.7 Å². The zero-order valence-corrected chi connectivity index (χ0v) is 13.3. The topological polar surface area (TPSA) is 24.1 Å². The molecule has 2 nitrogen and oxygen atoms in total. The molecule has 1 aliphatic rings. The average molecular weight is 312 g/mol. The third kappa shape index (κ3) is 4.37. The lowest BCUT2D eigenvalue weighted by molar-refractivity contribution is 0.307. The zero-order chi connectivity index (χ0) is 15.4. The lowest BCUT2D eigenvalue weighted by Gasteiger charge is -2.31. The van der Waals surface area contributed by atoms with E-state index in [0.717, 1.165) is 12.5 Å². The molecule has 1 aromatic carbocycles. The van der Waals surface area contributed by atoms with E-state index in [1.165, 1.54) is 31.4 Å². The van der Waals surface area contributed by atoms with E-state index in [1.54, 1.807) is 0 Å². The largest absolute Gasteiger partial charge is 0.360 e. The molecule has 0 radical (unpaired) electrons. The Balaban J connectivity index is 1.92. The van der Waals surface area contributed by atoms with Crippen LogP contribution in [0.5, 0.6) is 0 Å². The van der Waals surface area contributed by atoms with E-state index in [9.17, 15) is 8.78 Å². The van der Waals surface area contributed by atoms with Gasteiger partial charge in [-0.05, 0) is 44.0 Å². The molecule has 3 atom stereocenters. The summed E-state index contributed by atoms with van der Waals surface area (Å²) in [6.45, 7) is 4.04. The number of halogens is 2. The van der Waals surface area contributed by atoms with Gasteiger partial charge < -0.3 is 10.6 Å². The van der Waals surface area contributed by atoms with Crippen molar-refractivity contribution in [3.63, 3.8) is 0 Å². The van der Waals surface area contributed by atoms with Crippen molar-refractivity contribution in [2.45, 2.75) is 51.6 Å². The predicted octanol–water partition coefficient (Wildman–Crippen LogP) is 4.07. The Morgan fingerprint density at radius 1 is 1.29 bits per heavy atom. The number of hydrogen-bond acceptors (Lipinski definition) is 1. The molecular formula is C16H22F2N2S. The molecule has 2 N–H and O–H groups in total. The van der Waals surface area contributed by atoms with Crippen LogP contribution >= 0.6 is 12.2 Å². The van der Waals surface area contributed by atoms with E-state index < -0.39 is 11.6 Å². The minimum absolute atomic E-state index is 0.301. The highest BCUT2D eigenvalue weighted by Crippen LogP contribution is 2.24. The summed E-state index contributed by atoms with van der Waals surface area (Å²) in [5.41, 5.74) is 0.414. The number of hydrogen-bond donors (Lipinski definition) is 2. The molecule has 0 heterocycles. The van der Waals surface area contributed by atoms with Crippen molar-refractivity contribution in [3.05, 3.63) is 35.4 Å². The first-order chi connectivity index (χ1) is 9.97. The van der Waals surface area contributed by atoms with Gasteiger partial charge in [0.1, 0.15) is 11.6 Å². The SMILES string of the molecule is C[C@H](NC(=S)N[C@H]1CCCC[C@H]1C)c1ccc(F)cc1F. The van der Waals surface area contributed by atoms with E-state index >= 15 is 0 Å². The molecule has 0 aromatic heterocycles. The van der Waals surface area contributed by atoms with Crippen LogP contribution in [0.4, 0.5) is 8.78 Å². The lowest BCUT2D eigenvalue weighted by Crippen LogP contribution is -2.46. The van der Waals surface area contributed by atoms with Crippen molar-refractivity contribution in [1.82, 2.24) is 10.6 Å². The van der Waals surface area contributed by atoms with Gasteiger partial charge in [0.05, 0.1) is 6.04 Å². The second-order valence-corrected chi connectivity index (χ2v) is 6.28. The van der Waals surface area contributed by atoms with Crippen LogP contribution in [0, 0.1) is 17.6 Å². The molecule has 116 valence electrons. The Hall–Kier alpha value is -1.23. The van der Waals surface area contributed by atoms with E-state index in [1.807, 2.05) is 6.92 Å². The molecular weight excluding hydrogens is 290 g/mol. The van der Waals surface area contributed by atoms with Crippen LogP contribution in [0.3, 0.4) is 0 Å². The molecule has 21 heavy (non-hydrogen) atoms. The van der Waals surface area contributed by atoms with E-state index in [4.69, 9.17) is 12.2 Å². The second-order valence-electron chi connectivity index (χ2n) is 5.87. The standard InChI is InChI=1S/C16H22F2N2S/c1-10-5-3-4-6-15(10)20-16(21)19-11(2)13-8-7-12(17)9-14(13)18/h7-11,15H,3-6H2,1-2H3,(H2,19,20,21)/t10-,11+,15+/m1/s1. The van der Waals surface area contributed by atoms with E-state index in [2.05, 4.69) is 17.6 Å². The van der Waals surface area contributed by atoms with Crippen LogP contribution in [-0.4, -0.2) is 11.2 Å². The Morgan fingerprint density at radius 3 is 2.67 bits per heavy atom. The molecule has 2 rings (SSSR count). The van der Waals surface area contributed by atoms with Gasteiger partial charge in [-0.25, -0.2) is 8.78 Å². The van der Waals surface area contributed by atoms with E-state index in [-0.39, 0.29) is 6.04 Å². The first-order valence-electron chi connectivity index (χ1n) is 7.49. The smallest absolute Gasteiger partial charge is 0.166 e. The summed E-state index contributed by atoms with van der Waals surface area (Å²) in [7, 11) is 0. The summed E-state index contributed by atoms with van der Waals surface area (Å²) >= 11 is 5.31. The van der Waals surface area contributed by atoms with Crippen LogP contribution in [-0.2, 0) is 0 Å². The molecule has 0 bridgehead atoms. The Labute approximate surface area is 130 Å². The summed E-state index contributed by atoms with van der Waals surface area (Å²) < 4.78 is 26.7. The highest BCUT2D eigenvalue weighted by molar-refractivity contribution is 7.80. The molecule has 0 amide bonds. The van der Waals surface area contributed by atoms with Crippen LogP contribution in [0.1, 0.15) is 51.1 Å². The quantitative estimate of drug-likeness (QED) is 0.823. The number of benzene rings is 1. The van der Waals surface area contributed by atoms with Gasteiger partial charge in [-0.15, -0.1) is 0 Å². The highest BCUT2D eigenvalue weighted by atomic mass is 32.1. The molecule has 0 saturated heterocycles. The average Bonchev–Trinajstić information content (AvgIpc) is 2.41. The Kier molecular flexibility index (Phi) is 5.51. The number of nitrogens with one attached hydrogen (secondary N) is 2. The fourth-order valence-electron chi connectivity index (χ4n) is 2.87. The molecule has 5 heteroatoms. The van der Waals surface area contributed by atoms with Crippen LogP contribution < -0.4 is 10.6 Å². The maximum absolute atomic E-state index is 13.7. The van der Waals surface area contributed by atoms with Gasteiger partial charge in [-0.2, -0.15) is 0 Å². The normalized spacial score (nSPS) is 23.4. The third-order valence-corrected chi connectivity index (χ3v) is 4.44. The monoisotopic (exact) mass is 312 g/mol. The minimum Gasteiger partial charge on any atom is -0.360 e. The molecule has 0 unspecified atom stereocenters. The molecule has 1 fully saturated rings. The van der Waals surface area contributed by atoms with Gasteiger partial charge in [-0.1, -0.05) is 25.8 Å². The molecule has 1 aromatic rings. The van der Waals surface area contributed by atoms with Crippen molar-refractivity contribution < 1.29 is 8.78 Å². The van der Waals surface area contributed by atoms with Crippen LogP contribution in [0.25, 0.3) is 0 Å². The zero-order valence-electron chi connectivity index (χ0n) is 12.5. The molecule has 1 aliphatic carbocycles. The van der Waals surface area contributed by atoms with Crippen molar-refractivity contribution in [3.8, 4) is 0 Å². The second kappa shape index (κ2) is 7.16. The number of rotatable bonds is 3. The summed E-state index contributed by atoms with van der Waals surface area (Å²) in [4.78, 5) is 0. The van der Waals surface area contributed by atoms with Gasteiger partial charge >= 0.3 is 0 Å². The summed E-state index contributed by atoms with van der Waals surface area (Å²) in [5.74, 6) is -0.527. The number of thiocarbonyl (C=S) groups is 1. The van der Waals surface area contributed by atoms with Crippen LogP contribution in [0.15, 0.2) is 18.2 Å². The van der Waals surface area contributed by atoms with Crippen molar-refractivity contribution in [2.75, 3.05) is 0 Å². The first-order valence-corrected chi connectivity index (χ1v) is 7.90. The summed E-state index contributed by atoms with van der Waals surface area (Å²) in [6, 6.07) is 3.69.